The largest absolute Gasteiger partial charge is 0.321 e. The molecule has 0 aliphatic heterocycles. The molecule has 0 fully saturated rings. The second-order valence-electron chi connectivity index (χ2n) is 4.77. The van der Waals surface area contributed by atoms with Gasteiger partial charge < -0.3 is 5.32 Å². The number of carbonyl (C=O) groups is 1. The molecule has 1 N–H and O–H groups in total. The molecule has 0 bridgehead atoms. The van der Waals surface area contributed by atoms with Crippen LogP contribution in [0.4, 0.5) is 5.69 Å². The van der Waals surface area contributed by atoms with Crippen LogP contribution in [0.1, 0.15) is 5.56 Å². The van der Waals surface area contributed by atoms with Crippen molar-refractivity contribution < 1.29 is 4.79 Å². The fourth-order valence-electron chi connectivity index (χ4n) is 2.01. The average Bonchev–Trinajstić information content (AvgIpc) is 3.17. The molecular formula is C15H13BrN6O. The molecule has 0 atom stereocenters. The minimum absolute atomic E-state index is 0.242. The Hall–Kier alpha value is -2.74. The van der Waals surface area contributed by atoms with Crippen LogP contribution < -0.4 is 5.32 Å². The molecule has 0 saturated heterocycles. The van der Waals surface area contributed by atoms with Crippen LogP contribution in [0.5, 0.6) is 0 Å². The quantitative estimate of drug-likeness (QED) is 0.713. The maximum absolute atomic E-state index is 12.1. The Kier molecular flexibility index (Phi) is 4.33. The van der Waals surface area contributed by atoms with E-state index < -0.39 is 0 Å². The number of amides is 1. The molecule has 1 amide bonds. The Labute approximate surface area is 140 Å². The highest BCUT2D eigenvalue weighted by Gasteiger charge is 2.08. The summed E-state index contributed by atoms with van der Waals surface area (Å²) in [5, 5.41) is 11.0. The zero-order valence-corrected chi connectivity index (χ0v) is 13.8. The van der Waals surface area contributed by atoms with Crippen molar-refractivity contribution in [2.45, 2.75) is 0 Å². The van der Waals surface area contributed by atoms with Crippen molar-refractivity contribution in [3.63, 3.8) is 0 Å². The van der Waals surface area contributed by atoms with E-state index in [1.165, 1.54) is 12.4 Å². The van der Waals surface area contributed by atoms with Crippen molar-refractivity contribution in [3.8, 4) is 5.69 Å². The molecule has 0 spiro atoms. The van der Waals surface area contributed by atoms with Crippen molar-refractivity contribution in [1.29, 1.82) is 0 Å². The first kappa shape index (κ1) is 15.2. The Bertz CT molecular complexity index is 853. The lowest BCUT2D eigenvalue weighted by molar-refractivity contribution is -0.111. The van der Waals surface area contributed by atoms with Crippen molar-refractivity contribution >= 4 is 33.6 Å². The summed E-state index contributed by atoms with van der Waals surface area (Å²) < 4.78 is 4.12. The van der Waals surface area contributed by atoms with Gasteiger partial charge >= 0.3 is 0 Å². The maximum Gasteiger partial charge on any atom is 0.248 e. The minimum atomic E-state index is -0.242. The summed E-state index contributed by atoms with van der Waals surface area (Å²) in [5.74, 6) is -0.242. The van der Waals surface area contributed by atoms with E-state index in [2.05, 4.69) is 36.4 Å². The maximum atomic E-state index is 12.1. The number of halogens is 1. The summed E-state index contributed by atoms with van der Waals surface area (Å²) in [6.07, 6.45) is 9.69. The van der Waals surface area contributed by atoms with Crippen LogP contribution in [-0.2, 0) is 11.8 Å². The number of carbonyl (C=O) groups excluding carboxylic acids is 1. The zero-order chi connectivity index (χ0) is 16.2. The molecule has 0 saturated carbocycles. The fourth-order valence-corrected chi connectivity index (χ4v) is 2.37. The number of aromatic nitrogens is 5. The molecule has 3 aromatic rings. The van der Waals surface area contributed by atoms with Gasteiger partial charge in [0.05, 0.1) is 17.6 Å². The predicted molar refractivity (Wildman–Crippen MR) is 89.9 cm³/mol. The van der Waals surface area contributed by atoms with Crippen LogP contribution in [0.25, 0.3) is 11.8 Å². The molecule has 0 unspecified atom stereocenters. The first-order valence-corrected chi connectivity index (χ1v) is 7.53. The first-order chi connectivity index (χ1) is 11.1. The van der Waals surface area contributed by atoms with Crippen molar-refractivity contribution in [2.75, 3.05) is 5.32 Å². The van der Waals surface area contributed by atoms with E-state index >= 15 is 0 Å². The Morgan fingerprint density at radius 3 is 2.91 bits per heavy atom. The molecule has 3 rings (SSSR count). The van der Waals surface area contributed by atoms with Gasteiger partial charge in [-0.25, -0.2) is 9.67 Å². The van der Waals surface area contributed by atoms with Crippen LogP contribution in [0.15, 0.2) is 53.8 Å². The van der Waals surface area contributed by atoms with E-state index in [4.69, 9.17) is 0 Å². The number of hydrogen-bond donors (Lipinski definition) is 1. The van der Waals surface area contributed by atoms with Gasteiger partial charge in [-0.05, 0) is 24.3 Å². The SMILES string of the molecule is Cn1cc(/C=C/C(=O)Nc2cc(Br)ccc2-n2cncn2)cn1. The molecule has 2 aromatic heterocycles. The number of rotatable bonds is 4. The molecule has 7 nitrogen and oxygen atoms in total. The predicted octanol–water partition coefficient (Wildman–Crippen LogP) is 2.42. The van der Waals surface area contributed by atoms with E-state index in [1.54, 1.807) is 28.0 Å². The van der Waals surface area contributed by atoms with Gasteiger partial charge in [0.25, 0.3) is 0 Å². The number of benzene rings is 1. The normalized spacial score (nSPS) is 11.0. The second kappa shape index (κ2) is 6.57. The highest BCUT2D eigenvalue weighted by molar-refractivity contribution is 9.10. The van der Waals surface area contributed by atoms with Gasteiger partial charge in [0.1, 0.15) is 12.7 Å². The Balaban J connectivity index is 1.80. The van der Waals surface area contributed by atoms with Gasteiger partial charge in [-0.2, -0.15) is 10.2 Å². The average molecular weight is 373 g/mol. The third-order valence-corrected chi connectivity index (χ3v) is 3.53. The fraction of sp³-hybridized carbons (Fsp3) is 0.0667. The van der Waals surface area contributed by atoms with Crippen LogP contribution in [0.3, 0.4) is 0 Å². The summed E-state index contributed by atoms with van der Waals surface area (Å²) in [6.45, 7) is 0. The summed E-state index contributed by atoms with van der Waals surface area (Å²) in [4.78, 5) is 16.1. The lowest BCUT2D eigenvalue weighted by atomic mass is 10.2. The second-order valence-corrected chi connectivity index (χ2v) is 5.69. The number of hydrogen-bond acceptors (Lipinski definition) is 4. The molecule has 2 heterocycles. The van der Waals surface area contributed by atoms with Gasteiger partial charge in [0.2, 0.25) is 5.91 Å². The third-order valence-electron chi connectivity index (χ3n) is 3.03. The molecule has 1 aromatic carbocycles. The standard InChI is InChI=1S/C15H13BrN6O/c1-21-8-11(7-18-21)2-5-15(23)20-13-6-12(16)3-4-14(13)22-10-17-9-19-22/h2-10H,1H3,(H,20,23)/b5-2+. The highest BCUT2D eigenvalue weighted by Crippen LogP contribution is 2.24. The number of anilines is 1. The summed E-state index contributed by atoms with van der Waals surface area (Å²) in [7, 11) is 1.82. The van der Waals surface area contributed by atoms with E-state index in [1.807, 2.05) is 31.4 Å². The molecule has 8 heteroatoms. The van der Waals surface area contributed by atoms with Crippen LogP contribution in [-0.4, -0.2) is 30.5 Å². The third kappa shape index (κ3) is 3.72. The zero-order valence-electron chi connectivity index (χ0n) is 12.2. The smallest absolute Gasteiger partial charge is 0.248 e. The monoisotopic (exact) mass is 372 g/mol. The molecule has 0 aliphatic carbocycles. The van der Waals surface area contributed by atoms with Crippen molar-refractivity contribution in [3.05, 3.63) is 59.4 Å². The molecule has 116 valence electrons. The Morgan fingerprint density at radius 2 is 2.22 bits per heavy atom. The number of aryl methyl sites for hydroxylation is 1. The lowest BCUT2D eigenvalue weighted by Crippen LogP contribution is -2.11. The molecule has 23 heavy (non-hydrogen) atoms. The highest BCUT2D eigenvalue weighted by atomic mass is 79.9. The molecular weight excluding hydrogens is 360 g/mol. The summed E-state index contributed by atoms with van der Waals surface area (Å²) in [6, 6.07) is 5.53. The summed E-state index contributed by atoms with van der Waals surface area (Å²) in [5.41, 5.74) is 2.22. The van der Waals surface area contributed by atoms with E-state index in [0.29, 0.717) is 5.69 Å². The lowest BCUT2D eigenvalue weighted by Gasteiger charge is -2.10. The van der Waals surface area contributed by atoms with Gasteiger partial charge in [-0.15, -0.1) is 0 Å². The van der Waals surface area contributed by atoms with Gasteiger partial charge in [-0.1, -0.05) is 15.9 Å². The van der Waals surface area contributed by atoms with Crippen LogP contribution in [0, 0.1) is 0 Å². The number of nitrogens with one attached hydrogen (secondary N) is 1. The van der Waals surface area contributed by atoms with E-state index in [9.17, 15) is 4.79 Å². The topological polar surface area (TPSA) is 77.6 Å². The molecule has 0 radical (unpaired) electrons. The molecule has 0 aliphatic rings. The van der Waals surface area contributed by atoms with Crippen LogP contribution >= 0.6 is 15.9 Å². The van der Waals surface area contributed by atoms with Crippen molar-refractivity contribution in [2.24, 2.45) is 7.05 Å². The van der Waals surface area contributed by atoms with Crippen LogP contribution in [0.2, 0.25) is 0 Å². The van der Waals surface area contributed by atoms with Gasteiger partial charge in [0, 0.05) is 29.4 Å². The van der Waals surface area contributed by atoms with Crippen molar-refractivity contribution in [1.82, 2.24) is 24.5 Å². The minimum Gasteiger partial charge on any atom is -0.321 e. The summed E-state index contributed by atoms with van der Waals surface area (Å²) >= 11 is 3.40. The van der Waals surface area contributed by atoms with Gasteiger partial charge in [-0.3, -0.25) is 9.48 Å². The Morgan fingerprint density at radius 1 is 1.35 bits per heavy atom. The van der Waals surface area contributed by atoms with E-state index in [0.717, 1.165) is 15.7 Å². The first-order valence-electron chi connectivity index (χ1n) is 6.74. The number of nitrogens with zero attached hydrogens (tertiary/aromatic N) is 5. The van der Waals surface area contributed by atoms with Gasteiger partial charge in [0.15, 0.2) is 0 Å². The van der Waals surface area contributed by atoms with E-state index in [-0.39, 0.29) is 5.91 Å².